The fourth-order valence-corrected chi connectivity index (χ4v) is 5.81. The van der Waals surface area contributed by atoms with Gasteiger partial charge in [-0.2, -0.15) is 0 Å². The number of aryl methyl sites for hydroxylation is 1. The van der Waals surface area contributed by atoms with Crippen molar-refractivity contribution in [2.45, 2.75) is 117 Å². The molecular formula is C34H59N3O6. The van der Waals surface area contributed by atoms with Gasteiger partial charge in [0.15, 0.2) is 0 Å². The van der Waals surface area contributed by atoms with Crippen molar-refractivity contribution in [3.05, 3.63) is 23.8 Å². The van der Waals surface area contributed by atoms with Crippen molar-refractivity contribution in [1.29, 1.82) is 0 Å². The number of aliphatic hydroxyl groups excluding tert-OH is 1. The average molecular weight is 606 g/mol. The van der Waals surface area contributed by atoms with E-state index in [-0.39, 0.29) is 54.1 Å². The van der Waals surface area contributed by atoms with Crippen LogP contribution in [0.5, 0.6) is 5.75 Å². The zero-order valence-electron chi connectivity index (χ0n) is 27.7. The van der Waals surface area contributed by atoms with Gasteiger partial charge in [0.05, 0.1) is 24.5 Å². The molecule has 1 aliphatic rings. The molecule has 0 heterocycles. The quantitative estimate of drug-likeness (QED) is 0.162. The standard InChI is InChI=1S/C34H59N3O6/c1-8-24-10-15-32(43-17-9-16-41-6)30(18-24)37-33(39)20-25(22(2)3)19-29(35)31(38)21-28(23(4)5)34(40)36-26-11-13-27(42-7)14-12-26/h10,15,18,22-23,25-29,31,38H,8-9,11-14,16-17,19-21,35H2,1-7H3,(H,36,40)(H,37,39)/t25-,26?,27?,28+,29+,31+/m1/s1. The Hall–Kier alpha value is -2.20. The van der Waals surface area contributed by atoms with E-state index in [1.54, 1.807) is 14.2 Å². The van der Waals surface area contributed by atoms with Crippen LogP contribution in [-0.4, -0.2) is 68.6 Å². The minimum Gasteiger partial charge on any atom is -0.491 e. The van der Waals surface area contributed by atoms with Gasteiger partial charge in [-0.3, -0.25) is 9.59 Å². The molecule has 0 aromatic heterocycles. The molecule has 1 aliphatic carbocycles. The molecular weight excluding hydrogens is 546 g/mol. The average Bonchev–Trinajstić information content (AvgIpc) is 2.98. The van der Waals surface area contributed by atoms with Crippen LogP contribution in [0.1, 0.15) is 91.5 Å². The van der Waals surface area contributed by atoms with Crippen LogP contribution in [0.3, 0.4) is 0 Å². The van der Waals surface area contributed by atoms with Crippen molar-refractivity contribution < 1.29 is 28.9 Å². The van der Waals surface area contributed by atoms with Crippen molar-refractivity contribution in [1.82, 2.24) is 5.32 Å². The predicted octanol–water partition coefficient (Wildman–Crippen LogP) is 5.08. The second kappa shape index (κ2) is 19.2. The topological polar surface area (TPSA) is 132 Å². The van der Waals surface area contributed by atoms with Gasteiger partial charge in [-0.1, -0.05) is 40.7 Å². The molecule has 246 valence electrons. The highest BCUT2D eigenvalue weighted by atomic mass is 16.5. The molecule has 0 saturated heterocycles. The van der Waals surface area contributed by atoms with E-state index in [1.165, 1.54) is 0 Å². The number of methoxy groups -OCH3 is 2. The van der Waals surface area contributed by atoms with Gasteiger partial charge < -0.3 is 35.7 Å². The summed E-state index contributed by atoms with van der Waals surface area (Å²) in [5.74, 6) is 0.382. The highest BCUT2D eigenvalue weighted by Gasteiger charge is 2.32. The Morgan fingerprint density at radius 3 is 2.30 bits per heavy atom. The first kappa shape index (κ1) is 37.0. The Morgan fingerprint density at radius 2 is 1.72 bits per heavy atom. The number of anilines is 1. The summed E-state index contributed by atoms with van der Waals surface area (Å²) in [6.45, 7) is 11.3. The Balaban J connectivity index is 1.98. The maximum atomic E-state index is 13.2. The van der Waals surface area contributed by atoms with E-state index in [0.717, 1.165) is 44.1 Å². The number of hydrogen-bond acceptors (Lipinski definition) is 7. The summed E-state index contributed by atoms with van der Waals surface area (Å²) < 4.78 is 16.5. The second-order valence-corrected chi connectivity index (χ2v) is 12.9. The molecule has 4 atom stereocenters. The summed E-state index contributed by atoms with van der Waals surface area (Å²) in [4.78, 5) is 26.5. The van der Waals surface area contributed by atoms with E-state index in [0.29, 0.717) is 37.5 Å². The third kappa shape index (κ3) is 12.7. The Kier molecular flexibility index (Phi) is 16.6. The van der Waals surface area contributed by atoms with Crippen LogP contribution in [0.15, 0.2) is 18.2 Å². The maximum Gasteiger partial charge on any atom is 0.224 e. The van der Waals surface area contributed by atoms with Gasteiger partial charge in [-0.05, 0) is 80.4 Å². The molecule has 9 heteroatoms. The number of carbonyl (C=O) groups excluding carboxylic acids is 2. The lowest BCUT2D eigenvalue weighted by Crippen LogP contribution is -2.46. The van der Waals surface area contributed by atoms with Crippen molar-refractivity contribution in [3.63, 3.8) is 0 Å². The number of nitrogens with one attached hydrogen (secondary N) is 2. The fourth-order valence-electron chi connectivity index (χ4n) is 5.81. The van der Waals surface area contributed by atoms with E-state index < -0.39 is 12.1 Å². The molecule has 0 aliphatic heterocycles. The summed E-state index contributed by atoms with van der Waals surface area (Å²) in [6, 6.07) is 5.47. The van der Waals surface area contributed by atoms with Gasteiger partial charge >= 0.3 is 0 Å². The molecule has 0 unspecified atom stereocenters. The smallest absolute Gasteiger partial charge is 0.224 e. The molecule has 5 N–H and O–H groups in total. The first-order valence-corrected chi connectivity index (χ1v) is 16.3. The first-order valence-electron chi connectivity index (χ1n) is 16.3. The number of nitrogens with two attached hydrogens (primary N) is 1. The number of ether oxygens (including phenoxy) is 3. The monoisotopic (exact) mass is 605 g/mol. The van der Waals surface area contributed by atoms with Gasteiger partial charge in [0.1, 0.15) is 5.75 Å². The van der Waals surface area contributed by atoms with Crippen molar-refractivity contribution in [2.75, 3.05) is 32.8 Å². The molecule has 1 aromatic carbocycles. The highest BCUT2D eigenvalue weighted by molar-refractivity contribution is 5.92. The number of aliphatic hydroxyl groups is 1. The van der Waals surface area contributed by atoms with Crippen LogP contribution in [0.2, 0.25) is 0 Å². The lowest BCUT2D eigenvalue weighted by atomic mass is 9.81. The summed E-state index contributed by atoms with van der Waals surface area (Å²) >= 11 is 0. The van der Waals surface area contributed by atoms with Gasteiger partial charge in [-0.15, -0.1) is 0 Å². The van der Waals surface area contributed by atoms with Gasteiger partial charge in [0.2, 0.25) is 11.8 Å². The molecule has 1 saturated carbocycles. The van der Waals surface area contributed by atoms with Gasteiger partial charge in [-0.25, -0.2) is 0 Å². The first-order chi connectivity index (χ1) is 20.5. The Bertz CT molecular complexity index is 963. The predicted molar refractivity (Wildman–Crippen MR) is 172 cm³/mol. The SMILES string of the molecule is CCc1ccc(OCCCOC)c(NC(=O)C[C@@H](C[C@H](N)[C@@H](O)C[C@H](C(=O)NC2CCC(OC)CC2)C(C)C)C(C)C)c1. The zero-order valence-corrected chi connectivity index (χ0v) is 27.7. The van der Waals surface area contributed by atoms with Crippen molar-refractivity contribution >= 4 is 17.5 Å². The van der Waals surface area contributed by atoms with Crippen molar-refractivity contribution in [2.24, 2.45) is 29.4 Å². The van der Waals surface area contributed by atoms with Crippen LogP contribution >= 0.6 is 0 Å². The number of carbonyl (C=O) groups is 2. The summed E-state index contributed by atoms with van der Waals surface area (Å²) in [7, 11) is 3.40. The Labute approximate surface area is 260 Å². The fraction of sp³-hybridized carbons (Fsp3) is 0.765. The minimum atomic E-state index is -0.847. The molecule has 9 nitrogen and oxygen atoms in total. The molecule has 0 bridgehead atoms. The van der Waals surface area contributed by atoms with Crippen LogP contribution in [0.25, 0.3) is 0 Å². The highest BCUT2D eigenvalue weighted by Crippen LogP contribution is 2.30. The molecule has 0 spiro atoms. The van der Waals surface area contributed by atoms with Crippen LogP contribution < -0.4 is 21.1 Å². The van der Waals surface area contributed by atoms with E-state index in [4.69, 9.17) is 19.9 Å². The largest absolute Gasteiger partial charge is 0.491 e. The third-order valence-corrected chi connectivity index (χ3v) is 8.93. The molecule has 0 radical (unpaired) electrons. The number of rotatable bonds is 19. The van der Waals surface area contributed by atoms with Crippen LogP contribution in [-0.2, 0) is 25.5 Å². The zero-order chi connectivity index (χ0) is 31.9. The molecule has 2 amide bonds. The van der Waals surface area contributed by atoms with Crippen molar-refractivity contribution in [3.8, 4) is 5.75 Å². The number of hydrogen-bond donors (Lipinski definition) is 4. The van der Waals surface area contributed by atoms with E-state index >= 15 is 0 Å². The molecule has 1 aromatic rings. The minimum absolute atomic E-state index is 0.0172. The van der Waals surface area contributed by atoms with E-state index in [1.807, 2.05) is 32.0 Å². The second-order valence-electron chi connectivity index (χ2n) is 12.9. The van der Waals surface area contributed by atoms with Crippen LogP contribution in [0.4, 0.5) is 5.69 Å². The third-order valence-electron chi connectivity index (χ3n) is 8.93. The number of amides is 2. The summed E-state index contributed by atoms with van der Waals surface area (Å²) in [5.41, 5.74) is 8.30. The number of benzene rings is 1. The summed E-state index contributed by atoms with van der Waals surface area (Å²) in [6.07, 6.45) is 5.76. The van der Waals surface area contributed by atoms with E-state index in [2.05, 4.69) is 31.4 Å². The van der Waals surface area contributed by atoms with Crippen LogP contribution in [0, 0.1) is 23.7 Å². The lowest BCUT2D eigenvalue weighted by Gasteiger charge is -2.32. The van der Waals surface area contributed by atoms with Gasteiger partial charge in [0, 0.05) is 51.7 Å². The lowest BCUT2D eigenvalue weighted by molar-refractivity contribution is -0.128. The van der Waals surface area contributed by atoms with Gasteiger partial charge in [0.25, 0.3) is 0 Å². The van der Waals surface area contributed by atoms with E-state index in [9.17, 15) is 14.7 Å². The molecule has 2 rings (SSSR count). The molecule has 1 fully saturated rings. The maximum absolute atomic E-state index is 13.2. The molecule has 43 heavy (non-hydrogen) atoms. The normalized spacial score (nSPS) is 20.0. The Morgan fingerprint density at radius 1 is 1.02 bits per heavy atom. The summed E-state index contributed by atoms with van der Waals surface area (Å²) in [5, 5.41) is 17.4.